The second-order valence-corrected chi connectivity index (χ2v) is 8.84. The van der Waals surface area contributed by atoms with Crippen molar-refractivity contribution in [3.05, 3.63) is 34.9 Å². The predicted octanol–water partition coefficient (Wildman–Crippen LogP) is 3.99. The first-order valence-corrected chi connectivity index (χ1v) is 10.8. The number of piperidine rings is 2. The van der Waals surface area contributed by atoms with Gasteiger partial charge < -0.3 is 14.5 Å². The van der Waals surface area contributed by atoms with Gasteiger partial charge in [-0.05, 0) is 73.6 Å². The van der Waals surface area contributed by atoms with Gasteiger partial charge in [-0.15, -0.1) is 0 Å². The average molecular weight is 385 g/mol. The minimum Gasteiger partial charge on any atom is -0.462 e. The minimum atomic E-state index is -0.249. The van der Waals surface area contributed by atoms with E-state index in [4.69, 9.17) is 4.74 Å². The number of hydrogen-bond acceptors (Lipinski definition) is 3. The normalized spacial score (nSPS) is 29.2. The molecule has 28 heavy (non-hydrogen) atoms. The van der Waals surface area contributed by atoms with E-state index in [0.717, 1.165) is 45.3 Å². The molecule has 2 aliphatic heterocycles. The van der Waals surface area contributed by atoms with Crippen molar-refractivity contribution in [2.75, 3.05) is 26.2 Å². The molecule has 1 aromatic carbocycles. The van der Waals surface area contributed by atoms with E-state index in [1.807, 2.05) is 19.1 Å². The smallest absolute Gasteiger partial charge is 0.338 e. The van der Waals surface area contributed by atoms with Crippen LogP contribution in [0.2, 0.25) is 0 Å². The highest BCUT2D eigenvalue weighted by Crippen LogP contribution is 2.49. The molecule has 2 heterocycles. The molecule has 0 radical (unpaired) electrons. The van der Waals surface area contributed by atoms with Gasteiger partial charge in [0.25, 0.3) is 0 Å². The Morgan fingerprint density at radius 2 is 1.93 bits per heavy atom. The van der Waals surface area contributed by atoms with Crippen LogP contribution in [0.4, 0.5) is 4.79 Å². The zero-order chi connectivity index (χ0) is 19.9. The fourth-order valence-electron chi connectivity index (χ4n) is 5.46. The Hall–Kier alpha value is -2.04. The summed E-state index contributed by atoms with van der Waals surface area (Å²) in [6.45, 7) is 9.39. The summed E-state index contributed by atoms with van der Waals surface area (Å²) < 4.78 is 5.20. The summed E-state index contributed by atoms with van der Waals surface area (Å²) in [6.07, 6.45) is 5.28. The van der Waals surface area contributed by atoms with Crippen molar-refractivity contribution >= 4 is 12.0 Å². The molecule has 1 aliphatic carbocycles. The molecule has 0 aromatic heterocycles. The third-order valence-electron chi connectivity index (χ3n) is 7.39. The molecule has 5 nitrogen and oxygen atoms in total. The lowest BCUT2D eigenvalue weighted by Gasteiger charge is -2.55. The number of hydrogen-bond donors (Lipinski definition) is 0. The molecule has 2 saturated heterocycles. The van der Waals surface area contributed by atoms with Crippen molar-refractivity contribution in [2.24, 2.45) is 5.92 Å². The SMILES string of the molecule is CCOC(=O)c1ccc2c(c1)C1(C)CCN(C(=O)N3CCCCC3)C(C2)C1C. The van der Waals surface area contributed by atoms with Gasteiger partial charge in [0.15, 0.2) is 0 Å². The van der Waals surface area contributed by atoms with Crippen LogP contribution < -0.4 is 0 Å². The number of ether oxygens (including phenoxy) is 1. The molecule has 0 saturated carbocycles. The molecule has 152 valence electrons. The number of nitrogens with zero attached hydrogens (tertiary/aromatic N) is 2. The number of carbonyl (C=O) groups is 2. The Kier molecular flexibility index (Phi) is 5.11. The summed E-state index contributed by atoms with van der Waals surface area (Å²) in [4.78, 5) is 29.6. The molecular weight excluding hydrogens is 352 g/mol. The molecule has 0 N–H and O–H groups in total. The lowest BCUT2D eigenvalue weighted by atomic mass is 9.59. The number of urea groups is 1. The first kappa shape index (κ1) is 19.3. The Morgan fingerprint density at radius 1 is 1.18 bits per heavy atom. The lowest BCUT2D eigenvalue weighted by molar-refractivity contribution is 0.0384. The van der Waals surface area contributed by atoms with E-state index in [2.05, 4.69) is 29.7 Å². The molecule has 4 rings (SSSR count). The van der Waals surface area contributed by atoms with Crippen molar-refractivity contribution in [1.82, 2.24) is 9.80 Å². The van der Waals surface area contributed by atoms with E-state index in [9.17, 15) is 9.59 Å². The van der Waals surface area contributed by atoms with Gasteiger partial charge in [0, 0.05) is 25.7 Å². The summed E-state index contributed by atoms with van der Waals surface area (Å²) in [6, 6.07) is 6.46. The highest BCUT2D eigenvalue weighted by Gasteiger charge is 2.50. The van der Waals surface area contributed by atoms with Crippen LogP contribution in [-0.4, -0.2) is 54.1 Å². The van der Waals surface area contributed by atoms with Gasteiger partial charge in [0.2, 0.25) is 0 Å². The van der Waals surface area contributed by atoms with Crippen LogP contribution in [0.1, 0.15) is 67.9 Å². The van der Waals surface area contributed by atoms with E-state index >= 15 is 0 Å². The fraction of sp³-hybridized carbons (Fsp3) is 0.652. The average Bonchev–Trinajstić information content (AvgIpc) is 2.71. The van der Waals surface area contributed by atoms with Crippen LogP contribution in [0.3, 0.4) is 0 Å². The van der Waals surface area contributed by atoms with E-state index in [-0.39, 0.29) is 23.5 Å². The molecule has 3 aliphatic rings. The molecule has 5 heteroatoms. The van der Waals surface area contributed by atoms with Gasteiger partial charge in [-0.1, -0.05) is 19.9 Å². The minimum absolute atomic E-state index is 0.0145. The highest BCUT2D eigenvalue weighted by atomic mass is 16.5. The number of rotatable bonds is 2. The zero-order valence-electron chi connectivity index (χ0n) is 17.4. The number of benzene rings is 1. The molecule has 2 amide bonds. The van der Waals surface area contributed by atoms with Gasteiger partial charge in [-0.3, -0.25) is 0 Å². The summed E-state index contributed by atoms with van der Waals surface area (Å²) >= 11 is 0. The van der Waals surface area contributed by atoms with Gasteiger partial charge in [0.05, 0.1) is 12.2 Å². The standard InChI is InChI=1S/C23H32N2O3/c1-4-28-21(26)18-9-8-17-15-20-16(2)23(3,19(17)14-18)10-13-25(20)22(27)24-11-6-5-7-12-24/h8-9,14,16,20H,4-7,10-13,15H2,1-3H3. The van der Waals surface area contributed by atoms with Crippen molar-refractivity contribution in [3.8, 4) is 0 Å². The molecule has 2 bridgehead atoms. The number of fused-ring (bicyclic) bond motifs is 4. The van der Waals surface area contributed by atoms with Crippen molar-refractivity contribution in [1.29, 1.82) is 0 Å². The first-order chi connectivity index (χ1) is 13.5. The lowest BCUT2D eigenvalue weighted by Crippen LogP contribution is -2.62. The van der Waals surface area contributed by atoms with E-state index in [0.29, 0.717) is 18.1 Å². The van der Waals surface area contributed by atoms with Crippen molar-refractivity contribution < 1.29 is 14.3 Å². The molecule has 3 atom stereocenters. The van der Waals surface area contributed by atoms with Crippen LogP contribution in [0.5, 0.6) is 0 Å². The molecule has 3 unspecified atom stereocenters. The van der Waals surface area contributed by atoms with E-state index in [1.165, 1.54) is 17.5 Å². The maximum atomic E-state index is 13.2. The second kappa shape index (κ2) is 7.41. The van der Waals surface area contributed by atoms with Crippen LogP contribution >= 0.6 is 0 Å². The maximum absolute atomic E-state index is 13.2. The summed E-state index contributed by atoms with van der Waals surface area (Å²) in [5.41, 5.74) is 3.17. The Balaban J connectivity index is 1.62. The quantitative estimate of drug-likeness (QED) is 0.725. The van der Waals surface area contributed by atoms with Gasteiger partial charge in [0.1, 0.15) is 0 Å². The third kappa shape index (κ3) is 3.09. The largest absolute Gasteiger partial charge is 0.462 e. The third-order valence-corrected chi connectivity index (χ3v) is 7.39. The highest BCUT2D eigenvalue weighted by molar-refractivity contribution is 5.90. The zero-order valence-corrected chi connectivity index (χ0v) is 17.4. The number of carbonyl (C=O) groups excluding carboxylic acids is 2. The number of likely N-dealkylation sites (tertiary alicyclic amines) is 2. The number of amides is 2. The Morgan fingerprint density at radius 3 is 2.64 bits per heavy atom. The topological polar surface area (TPSA) is 49.9 Å². The van der Waals surface area contributed by atoms with Crippen LogP contribution in [0.25, 0.3) is 0 Å². The molecule has 2 fully saturated rings. The van der Waals surface area contributed by atoms with Gasteiger partial charge in [-0.2, -0.15) is 0 Å². The molecule has 1 aromatic rings. The maximum Gasteiger partial charge on any atom is 0.338 e. The Labute approximate surface area is 168 Å². The van der Waals surface area contributed by atoms with Gasteiger partial charge in [-0.25, -0.2) is 9.59 Å². The van der Waals surface area contributed by atoms with Crippen LogP contribution in [0.15, 0.2) is 18.2 Å². The summed E-state index contributed by atoms with van der Waals surface area (Å²) in [5.74, 6) is 0.112. The molecular formula is C23H32N2O3. The van der Waals surface area contributed by atoms with E-state index in [1.54, 1.807) is 0 Å². The molecule has 0 spiro atoms. The summed E-state index contributed by atoms with van der Waals surface area (Å²) in [5, 5.41) is 0. The predicted molar refractivity (Wildman–Crippen MR) is 109 cm³/mol. The van der Waals surface area contributed by atoms with Crippen molar-refractivity contribution in [2.45, 2.75) is 64.3 Å². The van der Waals surface area contributed by atoms with E-state index < -0.39 is 0 Å². The second-order valence-electron chi connectivity index (χ2n) is 8.84. The van der Waals surface area contributed by atoms with Gasteiger partial charge >= 0.3 is 12.0 Å². The van der Waals surface area contributed by atoms with Crippen LogP contribution in [0, 0.1) is 5.92 Å². The monoisotopic (exact) mass is 384 g/mol. The van der Waals surface area contributed by atoms with Crippen molar-refractivity contribution in [3.63, 3.8) is 0 Å². The summed E-state index contributed by atoms with van der Waals surface area (Å²) in [7, 11) is 0. The van der Waals surface area contributed by atoms with Crippen LogP contribution in [-0.2, 0) is 16.6 Å². The number of esters is 1. The Bertz CT molecular complexity index is 771. The fourth-order valence-corrected chi connectivity index (χ4v) is 5.46. The first-order valence-electron chi connectivity index (χ1n) is 10.8.